The number of nitrogens with zero attached hydrogens (tertiary/aromatic N) is 1. The number of carbonyl (C=O) groups excluding carboxylic acids is 1. The molecule has 0 spiro atoms. The van der Waals surface area contributed by atoms with Gasteiger partial charge in [0.1, 0.15) is 0 Å². The molecule has 4 heteroatoms. The number of hydrogen-bond donors (Lipinski definition) is 0. The van der Waals surface area contributed by atoms with Gasteiger partial charge < -0.3 is 14.4 Å². The van der Waals surface area contributed by atoms with E-state index in [0.717, 1.165) is 17.1 Å². The summed E-state index contributed by atoms with van der Waals surface area (Å²) in [5.41, 5.74) is 0.916. The van der Waals surface area contributed by atoms with E-state index in [0.29, 0.717) is 0 Å². The summed E-state index contributed by atoms with van der Waals surface area (Å²) in [6, 6.07) is 5.57. The summed E-state index contributed by atoms with van der Waals surface area (Å²) in [5.74, 6) is 1.42. The summed E-state index contributed by atoms with van der Waals surface area (Å²) in [6.45, 7) is 0.263. The van der Waals surface area contributed by atoms with Crippen LogP contribution in [0, 0.1) is 0 Å². The molecule has 16 heavy (non-hydrogen) atoms. The zero-order chi connectivity index (χ0) is 11.5. The van der Waals surface area contributed by atoms with Crippen LogP contribution in [0.3, 0.4) is 0 Å². The molecule has 0 saturated heterocycles. The molecule has 2 rings (SSSR count). The third-order valence-electron chi connectivity index (χ3n) is 2.26. The zero-order valence-electron chi connectivity index (χ0n) is 9.27. The van der Waals surface area contributed by atoms with Gasteiger partial charge in [0.25, 0.3) is 0 Å². The van der Waals surface area contributed by atoms with Crippen molar-refractivity contribution in [2.75, 3.05) is 20.9 Å². The molecular weight excluding hydrogens is 206 g/mol. The fourth-order valence-electron chi connectivity index (χ4n) is 1.33. The Bertz CT molecular complexity index is 438. The first kappa shape index (κ1) is 10.5. The Hall–Kier alpha value is -1.97. The van der Waals surface area contributed by atoms with Crippen LogP contribution in [0.1, 0.15) is 5.56 Å². The third kappa shape index (κ3) is 2.16. The highest BCUT2D eigenvalue weighted by atomic mass is 16.7. The van der Waals surface area contributed by atoms with E-state index in [2.05, 4.69) is 0 Å². The van der Waals surface area contributed by atoms with Gasteiger partial charge in [-0.25, -0.2) is 0 Å². The lowest BCUT2D eigenvalue weighted by molar-refractivity contribution is -0.123. The summed E-state index contributed by atoms with van der Waals surface area (Å²) in [4.78, 5) is 12.9. The van der Waals surface area contributed by atoms with Gasteiger partial charge in [-0.2, -0.15) is 0 Å². The highest BCUT2D eigenvalue weighted by molar-refractivity contribution is 5.91. The van der Waals surface area contributed by atoms with Crippen molar-refractivity contribution in [1.82, 2.24) is 4.90 Å². The number of ether oxygens (including phenoxy) is 2. The molecule has 0 fully saturated rings. The Balaban J connectivity index is 2.14. The molecule has 0 saturated carbocycles. The van der Waals surface area contributed by atoms with Crippen LogP contribution >= 0.6 is 0 Å². The van der Waals surface area contributed by atoms with Gasteiger partial charge in [-0.05, 0) is 23.8 Å². The SMILES string of the molecule is CN(C)C(=O)/C=C/c1ccc2c(c1)OCO2. The monoisotopic (exact) mass is 219 g/mol. The van der Waals surface area contributed by atoms with Crippen LogP contribution < -0.4 is 9.47 Å². The van der Waals surface area contributed by atoms with E-state index < -0.39 is 0 Å². The maximum Gasteiger partial charge on any atom is 0.246 e. The molecule has 0 N–H and O–H groups in total. The van der Waals surface area contributed by atoms with Crippen molar-refractivity contribution < 1.29 is 14.3 Å². The number of fused-ring (bicyclic) bond motifs is 1. The number of hydrogen-bond acceptors (Lipinski definition) is 3. The molecule has 4 nitrogen and oxygen atoms in total. The first-order chi connectivity index (χ1) is 7.66. The Morgan fingerprint density at radius 2 is 2.06 bits per heavy atom. The van der Waals surface area contributed by atoms with Crippen LogP contribution in [0.25, 0.3) is 6.08 Å². The summed E-state index contributed by atoms with van der Waals surface area (Å²) in [5, 5.41) is 0. The molecule has 0 aliphatic carbocycles. The number of carbonyl (C=O) groups is 1. The van der Waals surface area contributed by atoms with Crippen molar-refractivity contribution in [3.63, 3.8) is 0 Å². The molecule has 0 atom stereocenters. The van der Waals surface area contributed by atoms with Crippen molar-refractivity contribution in [1.29, 1.82) is 0 Å². The van der Waals surface area contributed by atoms with E-state index in [1.54, 1.807) is 20.2 Å². The van der Waals surface area contributed by atoms with Crippen LogP contribution in [0.15, 0.2) is 24.3 Å². The average Bonchev–Trinajstić information content (AvgIpc) is 2.72. The van der Waals surface area contributed by atoms with Crippen LogP contribution in [0.2, 0.25) is 0 Å². The number of amides is 1. The molecule has 0 aromatic heterocycles. The van der Waals surface area contributed by atoms with Crippen molar-refractivity contribution in [3.8, 4) is 11.5 Å². The van der Waals surface area contributed by atoms with Crippen molar-refractivity contribution >= 4 is 12.0 Å². The van der Waals surface area contributed by atoms with Crippen LogP contribution in [0.4, 0.5) is 0 Å². The molecule has 1 aliphatic heterocycles. The Kier molecular flexibility index (Phi) is 2.81. The van der Waals surface area contributed by atoms with Gasteiger partial charge in [0, 0.05) is 20.2 Å². The third-order valence-corrected chi connectivity index (χ3v) is 2.26. The summed E-state index contributed by atoms with van der Waals surface area (Å²) >= 11 is 0. The molecule has 1 aromatic carbocycles. The minimum absolute atomic E-state index is 0.0438. The molecule has 1 heterocycles. The lowest BCUT2D eigenvalue weighted by atomic mass is 10.2. The normalized spacial score (nSPS) is 13.1. The summed E-state index contributed by atoms with van der Waals surface area (Å²) < 4.78 is 10.4. The van der Waals surface area contributed by atoms with Gasteiger partial charge in [-0.15, -0.1) is 0 Å². The van der Waals surface area contributed by atoms with E-state index in [1.165, 1.54) is 11.0 Å². The Labute approximate surface area is 94.1 Å². The maximum atomic E-state index is 11.3. The van der Waals surface area contributed by atoms with E-state index >= 15 is 0 Å². The fourth-order valence-corrected chi connectivity index (χ4v) is 1.33. The zero-order valence-corrected chi connectivity index (χ0v) is 9.27. The van der Waals surface area contributed by atoms with Gasteiger partial charge in [-0.1, -0.05) is 6.07 Å². The van der Waals surface area contributed by atoms with Gasteiger partial charge in [0.15, 0.2) is 11.5 Å². The molecule has 84 valence electrons. The summed E-state index contributed by atoms with van der Waals surface area (Å²) in [6.07, 6.45) is 3.28. The lowest BCUT2D eigenvalue weighted by Gasteiger charge is -2.05. The molecule has 0 radical (unpaired) electrons. The largest absolute Gasteiger partial charge is 0.454 e. The molecule has 0 bridgehead atoms. The summed E-state index contributed by atoms with van der Waals surface area (Å²) in [7, 11) is 3.43. The van der Waals surface area contributed by atoms with Crippen LogP contribution in [-0.2, 0) is 4.79 Å². The molecule has 1 aliphatic rings. The highest BCUT2D eigenvalue weighted by Crippen LogP contribution is 2.32. The van der Waals surface area contributed by atoms with Crippen LogP contribution in [-0.4, -0.2) is 31.7 Å². The Morgan fingerprint density at radius 1 is 1.31 bits per heavy atom. The second-order valence-electron chi connectivity index (χ2n) is 3.68. The number of benzene rings is 1. The number of likely N-dealkylation sites (N-methyl/N-ethyl adjacent to an activating group) is 1. The van der Waals surface area contributed by atoms with Crippen molar-refractivity contribution in [2.45, 2.75) is 0 Å². The lowest BCUT2D eigenvalue weighted by Crippen LogP contribution is -2.18. The van der Waals surface area contributed by atoms with E-state index in [4.69, 9.17) is 9.47 Å². The number of rotatable bonds is 2. The van der Waals surface area contributed by atoms with Gasteiger partial charge in [0.2, 0.25) is 12.7 Å². The second kappa shape index (κ2) is 4.26. The minimum Gasteiger partial charge on any atom is -0.454 e. The van der Waals surface area contributed by atoms with E-state index in [1.807, 2.05) is 18.2 Å². The van der Waals surface area contributed by atoms with Crippen LogP contribution in [0.5, 0.6) is 11.5 Å². The quantitative estimate of drug-likeness (QED) is 0.708. The smallest absolute Gasteiger partial charge is 0.246 e. The van der Waals surface area contributed by atoms with Gasteiger partial charge in [0.05, 0.1) is 0 Å². The Morgan fingerprint density at radius 3 is 2.81 bits per heavy atom. The molecular formula is C12H13NO3. The van der Waals surface area contributed by atoms with Gasteiger partial charge >= 0.3 is 0 Å². The minimum atomic E-state index is -0.0438. The molecule has 0 unspecified atom stereocenters. The standard InChI is InChI=1S/C12H13NO3/c1-13(2)12(14)6-4-9-3-5-10-11(7-9)16-8-15-10/h3-7H,8H2,1-2H3/b6-4+. The average molecular weight is 219 g/mol. The highest BCUT2D eigenvalue weighted by Gasteiger charge is 2.12. The predicted molar refractivity (Wildman–Crippen MR) is 60.3 cm³/mol. The van der Waals surface area contributed by atoms with Crippen molar-refractivity contribution in [2.24, 2.45) is 0 Å². The molecule has 1 aromatic rings. The first-order valence-electron chi connectivity index (χ1n) is 4.96. The van der Waals surface area contributed by atoms with Crippen molar-refractivity contribution in [3.05, 3.63) is 29.8 Å². The first-order valence-corrected chi connectivity index (χ1v) is 4.96. The predicted octanol–water partition coefficient (Wildman–Crippen LogP) is 1.52. The molecule has 1 amide bonds. The topological polar surface area (TPSA) is 38.8 Å². The second-order valence-corrected chi connectivity index (χ2v) is 3.68. The van der Waals surface area contributed by atoms with E-state index in [9.17, 15) is 4.79 Å². The maximum absolute atomic E-state index is 11.3. The van der Waals surface area contributed by atoms with E-state index in [-0.39, 0.29) is 12.7 Å². The van der Waals surface area contributed by atoms with Gasteiger partial charge in [-0.3, -0.25) is 4.79 Å². The fraction of sp³-hybridized carbons (Fsp3) is 0.250.